The summed E-state index contributed by atoms with van der Waals surface area (Å²) in [5.41, 5.74) is 1.88. The number of thioether (sulfide) groups is 1. The third kappa shape index (κ3) is 4.46. The zero-order valence-electron chi connectivity index (χ0n) is 12.6. The van der Waals surface area contributed by atoms with Crippen LogP contribution in [0.2, 0.25) is 0 Å². The Hall–Kier alpha value is -2.12. The summed E-state index contributed by atoms with van der Waals surface area (Å²) in [5, 5.41) is 11.2. The first kappa shape index (κ1) is 16.7. The average molecular weight is 404 g/mol. The predicted octanol–water partition coefficient (Wildman–Crippen LogP) is 3.91. The first-order valence-corrected chi connectivity index (χ1v) is 9.02. The third-order valence-electron chi connectivity index (χ3n) is 3.17. The van der Waals surface area contributed by atoms with Crippen LogP contribution in [-0.2, 0) is 11.3 Å². The van der Waals surface area contributed by atoms with E-state index in [9.17, 15) is 4.79 Å². The van der Waals surface area contributed by atoms with E-state index in [0.717, 1.165) is 15.6 Å². The minimum Gasteiger partial charge on any atom is -0.411 e. The molecule has 0 aliphatic heterocycles. The van der Waals surface area contributed by atoms with Crippen LogP contribution < -0.4 is 5.32 Å². The molecular weight excluding hydrogens is 390 g/mol. The molecule has 0 saturated heterocycles. The zero-order chi connectivity index (χ0) is 16.8. The van der Waals surface area contributed by atoms with Crippen LogP contribution in [0, 0.1) is 0 Å². The number of benzene rings is 2. The Morgan fingerprint density at radius 1 is 1.08 bits per heavy atom. The molecule has 2 aromatic carbocycles. The molecule has 1 aromatic heterocycles. The normalized spacial score (nSPS) is 10.5. The molecule has 0 fully saturated rings. The summed E-state index contributed by atoms with van der Waals surface area (Å²) in [6.07, 6.45) is 0. The van der Waals surface area contributed by atoms with Gasteiger partial charge in [-0.25, -0.2) is 0 Å². The van der Waals surface area contributed by atoms with E-state index >= 15 is 0 Å². The highest BCUT2D eigenvalue weighted by atomic mass is 79.9. The van der Waals surface area contributed by atoms with Gasteiger partial charge in [-0.3, -0.25) is 4.79 Å². The highest BCUT2D eigenvalue weighted by Gasteiger charge is 2.13. The Labute approximate surface area is 152 Å². The van der Waals surface area contributed by atoms with Crippen LogP contribution in [0.5, 0.6) is 0 Å². The van der Waals surface area contributed by atoms with Crippen molar-refractivity contribution in [2.45, 2.75) is 11.8 Å². The highest BCUT2D eigenvalue weighted by Crippen LogP contribution is 2.28. The third-order valence-corrected chi connectivity index (χ3v) is 4.68. The maximum absolute atomic E-state index is 11.9. The standard InChI is InChI=1S/C17H14BrN3O2S/c18-14-9-5-4-8-13(14)16-20-21-17(23-16)24-11-15(22)19-10-12-6-2-1-3-7-12/h1-9H,10-11H2,(H,19,22). The van der Waals surface area contributed by atoms with Crippen LogP contribution in [0.25, 0.3) is 11.5 Å². The minimum atomic E-state index is -0.0792. The molecule has 0 aliphatic rings. The maximum atomic E-state index is 11.9. The van der Waals surface area contributed by atoms with Crippen molar-refractivity contribution < 1.29 is 9.21 Å². The number of halogens is 1. The number of hydrogen-bond donors (Lipinski definition) is 1. The number of aromatic nitrogens is 2. The van der Waals surface area contributed by atoms with Gasteiger partial charge in [0.15, 0.2) is 0 Å². The summed E-state index contributed by atoms with van der Waals surface area (Å²) >= 11 is 4.67. The van der Waals surface area contributed by atoms with E-state index < -0.39 is 0 Å². The second kappa shape index (κ2) is 8.12. The molecule has 0 radical (unpaired) electrons. The molecule has 7 heteroatoms. The van der Waals surface area contributed by atoms with Gasteiger partial charge in [-0.2, -0.15) is 0 Å². The fourth-order valence-corrected chi connectivity index (χ4v) is 3.03. The average Bonchev–Trinajstić information content (AvgIpc) is 3.08. The second-order valence-corrected chi connectivity index (χ2v) is 6.68. The molecule has 0 atom stereocenters. The van der Waals surface area contributed by atoms with Crippen LogP contribution in [0.1, 0.15) is 5.56 Å². The monoisotopic (exact) mass is 403 g/mol. The van der Waals surface area contributed by atoms with E-state index in [4.69, 9.17) is 4.42 Å². The smallest absolute Gasteiger partial charge is 0.277 e. The van der Waals surface area contributed by atoms with Gasteiger partial charge >= 0.3 is 0 Å². The van der Waals surface area contributed by atoms with Crippen LogP contribution in [0.4, 0.5) is 0 Å². The van der Waals surface area contributed by atoms with Crippen molar-refractivity contribution in [1.29, 1.82) is 0 Å². The lowest BCUT2D eigenvalue weighted by atomic mass is 10.2. The molecule has 1 heterocycles. The molecule has 0 unspecified atom stereocenters. The molecule has 1 amide bonds. The van der Waals surface area contributed by atoms with Crippen LogP contribution in [-0.4, -0.2) is 21.9 Å². The van der Waals surface area contributed by atoms with Crippen molar-refractivity contribution in [3.8, 4) is 11.5 Å². The van der Waals surface area contributed by atoms with Gasteiger partial charge in [0.25, 0.3) is 5.22 Å². The van der Waals surface area contributed by atoms with Gasteiger partial charge in [-0.1, -0.05) is 54.2 Å². The fraction of sp³-hybridized carbons (Fsp3) is 0.118. The van der Waals surface area contributed by atoms with Gasteiger partial charge in [0.1, 0.15) is 0 Å². The zero-order valence-corrected chi connectivity index (χ0v) is 15.0. The summed E-state index contributed by atoms with van der Waals surface area (Å²) in [6.45, 7) is 0.506. The Morgan fingerprint density at radius 3 is 2.62 bits per heavy atom. The maximum Gasteiger partial charge on any atom is 0.277 e. The Balaban J connectivity index is 1.52. The van der Waals surface area contributed by atoms with Gasteiger partial charge < -0.3 is 9.73 Å². The molecule has 0 aliphatic carbocycles. The van der Waals surface area contributed by atoms with Crippen molar-refractivity contribution in [2.24, 2.45) is 0 Å². The molecule has 0 saturated carbocycles. The topological polar surface area (TPSA) is 68.0 Å². The van der Waals surface area contributed by atoms with E-state index in [1.54, 1.807) is 0 Å². The van der Waals surface area contributed by atoms with Gasteiger partial charge in [0.05, 0.1) is 11.3 Å². The lowest BCUT2D eigenvalue weighted by Gasteiger charge is -2.03. The summed E-state index contributed by atoms with van der Waals surface area (Å²) in [5.74, 6) is 0.573. The van der Waals surface area contributed by atoms with Crippen molar-refractivity contribution in [2.75, 3.05) is 5.75 Å². The summed E-state index contributed by atoms with van der Waals surface area (Å²) in [4.78, 5) is 11.9. The highest BCUT2D eigenvalue weighted by molar-refractivity contribution is 9.10. The van der Waals surface area contributed by atoms with Gasteiger partial charge in [-0.15, -0.1) is 10.2 Å². The number of rotatable bonds is 6. The minimum absolute atomic E-state index is 0.0792. The van der Waals surface area contributed by atoms with Gasteiger partial charge in [0.2, 0.25) is 11.8 Å². The van der Waals surface area contributed by atoms with E-state index in [0.29, 0.717) is 17.7 Å². The Kier molecular flexibility index (Phi) is 5.66. The molecule has 0 spiro atoms. The molecule has 1 N–H and O–H groups in total. The molecular formula is C17H14BrN3O2S. The van der Waals surface area contributed by atoms with Crippen molar-refractivity contribution in [3.05, 3.63) is 64.6 Å². The first-order valence-electron chi connectivity index (χ1n) is 7.24. The molecule has 3 aromatic rings. The molecule has 122 valence electrons. The Bertz CT molecular complexity index is 823. The Morgan fingerprint density at radius 2 is 1.83 bits per heavy atom. The van der Waals surface area contributed by atoms with Crippen LogP contribution >= 0.6 is 27.7 Å². The van der Waals surface area contributed by atoms with E-state index in [-0.39, 0.29) is 11.7 Å². The molecule has 24 heavy (non-hydrogen) atoms. The number of carbonyl (C=O) groups excluding carboxylic acids is 1. The van der Waals surface area contributed by atoms with E-state index in [1.165, 1.54) is 11.8 Å². The SMILES string of the molecule is O=C(CSc1nnc(-c2ccccc2Br)o1)NCc1ccccc1. The number of carbonyl (C=O) groups is 1. The number of amides is 1. The molecule has 0 bridgehead atoms. The van der Waals surface area contributed by atoms with Crippen LogP contribution in [0.3, 0.4) is 0 Å². The number of nitrogens with one attached hydrogen (secondary N) is 1. The molecule has 3 rings (SSSR count). The number of nitrogens with zero attached hydrogens (tertiary/aromatic N) is 2. The number of hydrogen-bond acceptors (Lipinski definition) is 5. The first-order chi connectivity index (χ1) is 11.7. The largest absolute Gasteiger partial charge is 0.411 e. The van der Waals surface area contributed by atoms with Gasteiger partial charge in [0, 0.05) is 11.0 Å². The predicted molar refractivity (Wildman–Crippen MR) is 96.4 cm³/mol. The van der Waals surface area contributed by atoms with Crippen molar-refractivity contribution in [1.82, 2.24) is 15.5 Å². The second-order valence-electron chi connectivity index (χ2n) is 4.90. The quantitative estimate of drug-likeness (QED) is 0.631. The lowest BCUT2D eigenvalue weighted by Crippen LogP contribution is -2.24. The lowest BCUT2D eigenvalue weighted by molar-refractivity contribution is -0.118. The van der Waals surface area contributed by atoms with Gasteiger partial charge in [-0.05, 0) is 33.6 Å². The summed E-state index contributed by atoms with van der Waals surface area (Å²) < 4.78 is 6.47. The van der Waals surface area contributed by atoms with E-state index in [2.05, 4.69) is 31.4 Å². The van der Waals surface area contributed by atoms with Crippen LogP contribution in [0.15, 0.2) is 68.7 Å². The molecule has 5 nitrogen and oxygen atoms in total. The van der Waals surface area contributed by atoms with Crippen molar-refractivity contribution in [3.63, 3.8) is 0 Å². The summed E-state index contributed by atoms with van der Waals surface area (Å²) in [6, 6.07) is 17.4. The fourth-order valence-electron chi connectivity index (χ4n) is 1.99. The van der Waals surface area contributed by atoms with E-state index in [1.807, 2.05) is 54.6 Å². The summed E-state index contributed by atoms with van der Waals surface area (Å²) in [7, 11) is 0. The van der Waals surface area contributed by atoms with Crippen molar-refractivity contribution >= 4 is 33.6 Å².